The molecule has 0 heterocycles. The van der Waals surface area contributed by atoms with Crippen LogP contribution in [0.2, 0.25) is 0 Å². The lowest BCUT2D eigenvalue weighted by molar-refractivity contribution is -0.274. The van der Waals surface area contributed by atoms with Gasteiger partial charge in [-0.3, -0.25) is 4.79 Å². The topological polar surface area (TPSA) is 62.1 Å². The number of anilines is 1. The molecule has 0 aliphatic heterocycles. The first-order valence-electron chi connectivity index (χ1n) is 4.54. The summed E-state index contributed by atoms with van der Waals surface area (Å²) in [5.41, 5.74) is 0.261. The monoisotopic (exact) mass is 322 g/mol. The van der Waals surface area contributed by atoms with Gasteiger partial charge in [0.15, 0.2) is 0 Å². The molecule has 8 heteroatoms. The van der Waals surface area contributed by atoms with E-state index in [1.54, 1.807) is 6.07 Å². The second-order valence-electron chi connectivity index (χ2n) is 3.08. The number of hydrogen-bond acceptors (Lipinski definition) is 3. The SMILES string of the molecule is N#CCC(=O)Nc1ccc(OC(F)(F)F)c(Br)c1. The molecule has 0 bridgehead atoms. The lowest BCUT2D eigenvalue weighted by Crippen LogP contribution is -2.17. The number of alkyl halides is 3. The van der Waals surface area contributed by atoms with E-state index in [4.69, 9.17) is 5.26 Å². The van der Waals surface area contributed by atoms with Gasteiger partial charge in [0.1, 0.15) is 12.2 Å². The number of nitrogens with one attached hydrogen (secondary N) is 1. The summed E-state index contributed by atoms with van der Waals surface area (Å²) in [7, 11) is 0. The molecule has 1 aromatic rings. The molecule has 0 fully saturated rings. The molecule has 0 spiro atoms. The van der Waals surface area contributed by atoms with E-state index >= 15 is 0 Å². The van der Waals surface area contributed by atoms with Gasteiger partial charge in [0.25, 0.3) is 0 Å². The maximum absolute atomic E-state index is 12.0. The van der Waals surface area contributed by atoms with Gasteiger partial charge in [-0.05, 0) is 34.1 Å². The summed E-state index contributed by atoms with van der Waals surface area (Å²) >= 11 is 2.89. The van der Waals surface area contributed by atoms with Crippen LogP contribution in [0.15, 0.2) is 22.7 Å². The van der Waals surface area contributed by atoms with Crippen LogP contribution in [0.5, 0.6) is 5.75 Å². The summed E-state index contributed by atoms with van der Waals surface area (Å²) < 4.78 is 39.7. The Kier molecular flexibility index (Phi) is 4.55. The minimum absolute atomic E-state index is 0.0367. The van der Waals surface area contributed by atoms with Crippen molar-refractivity contribution >= 4 is 27.5 Å². The smallest absolute Gasteiger partial charge is 0.405 e. The fourth-order valence-corrected chi connectivity index (χ4v) is 1.52. The number of carbonyl (C=O) groups is 1. The van der Waals surface area contributed by atoms with E-state index in [-0.39, 0.29) is 16.6 Å². The van der Waals surface area contributed by atoms with Crippen LogP contribution in [0, 0.1) is 11.3 Å². The second kappa shape index (κ2) is 5.73. The molecule has 1 amide bonds. The Hall–Kier alpha value is -1.75. The number of ether oxygens (including phenoxy) is 1. The van der Waals surface area contributed by atoms with E-state index < -0.39 is 18.0 Å². The third kappa shape index (κ3) is 4.63. The van der Waals surface area contributed by atoms with Gasteiger partial charge in [-0.25, -0.2) is 0 Å². The fraction of sp³-hybridized carbons (Fsp3) is 0.200. The van der Waals surface area contributed by atoms with E-state index in [1.807, 2.05) is 0 Å². The molecule has 4 nitrogen and oxygen atoms in total. The van der Waals surface area contributed by atoms with Gasteiger partial charge in [0.05, 0.1) is 10.5 Å². The molecule has 0 radical (unpaired) electrons. The van der Waals surface area contributed by atoms with Crippen LogP contribution in [-0.4, -0.2) is 12.3 Å². The molecule has 96 valence electrons. The van der Waals surface area contributed by atoms with Gasteiger partial charge in [-0.2, -0.15) is 5.26 Å². The standard InChI is InChI=1S/C10H6BrF3N2O2/c11-7-5-6(16-9(17)3-4-15)1-2-8(7)18-10(12,13)14/h1-2,5H,3H2,(H,16,17). The highest BCUT2D eigenvalue weighted by Gasteiger charge is 2.31. The molecule has 0 aliphatic rings. The van der Waals surface area contributed by atoms with E-state index in [0.29, 0.717) is 0 Å². The van der Waals surface area contributed by atoms with Crippen molar-refractivity contribution in [1.82, 2.24) is 0 Å². The zero-order chi connectivity index (χ0) is 13.8. The maximum Gasteiger partial charge on any atom is 0.573 e. The van der Waals surface area contributed by atoms with E-state index in [1.165, 1.54) is 12.1 Å². The number of hydrogen-bond donors (Lipinski definition) is 1. The van der Waals surface area contributed by atoms with Crippen molar-refractivity contribution in [2.24, 2.45) is 0 Å². The summed E-state index contributed by atoms with van der Waals surface area (Å²) in [4.78, 5) is 11.1. The zero-order valence-corrected chi connectivity index (χ0v) is 10.3. The average Bonchev–Trinajstić information content (AvgIpc) is 2.21. The Bertz CT molecular complexity index is 497. The number of nitrogens with zero attached hydrogens (tertiary/aromatic N) is 1. The maximum atomic E-state index is 12.0. The van der Waals surface area contributed by atoms with E-state index in [9.17, 15) is 18.0 Å². The molecule has 0 aliphatic carbocycles. The van der Waals surface area contributed by atoms with Crippen molar-refractivity contribution in [3.05, 3.63) is 22.7 Å². The summed E-state index contributed by atoms with van der Waals surface area (Å²) in [6.45, 7) is 0. The summed E-state index contributed by atoms with van der Waals surface area (Å²) in [5.74, 6) is -0.963. The Morgan fingerprint density at radius 2 is 2.17 bits per heavy atom. The van der Waals surface area contributed by atoms with Crippen LogP contribution >= 0.6 is 15.9 Å². The highest BCUT2D eigenvalue weighted by atomic mass is 79.9. The average molecular weight is 323 g/mol. The number of carbonyl (C=O) groups excluding carboxylic acids is 1. The molecule has 0 unspecified atom stereocenters. The Morgan fingerprint density at radius 1 is 1.50 bits per heavy atom. The Morgan fingerprint density at radius 3 is 2.67 bits per heavy atom. The molecule has 1 N–H and O–H groups in total. The van der Waals surface area contributed by atoms with Crippen molar-refractivity contribution < 1.29 is 22.7 Å². The van der Waals surface area contributed by atoms with Gasteiger partial charge in [0.2, 0.25) is 5.91 Å². The zero-order valence-electron chi connectivity index (χ0n) is 8.71. The van der Waals surface area contributed by atoms with Crippen LogP contribution in [0.3, 0.4) is 0 Å². The fourth-order valence-electron chi connectivity index (χ4n) is 1.06. The van der Waals surface area contributed by atoms with Crippen LogP contribution < -0.4 is 10.1 Å². The lowest BCUT2D eigenvalue weighted by Gasteiger charge is -2.11. The van der Waals surface area contributed by atoms with Crippen molar-refractivity contribution in [1.29, 1.82) is 5.26 Å². The van der Waals surface area contributed by atoms with Crippen molar-refractivity contribution in [2.45, 2.75) is 12.8 Å². The summed E-state index contributed by atoms with van der Waals surface area (Å²) in [6, 6.07) is 5.19. The molecule has 0 saturated heterocycles. The first kappa shape index (κ1) is 14.3. The van der Waals surface area contributed by atoms with Gasteiger partial charge in [0, 0.05) is 5.69 Å². The van der Waals surface area contributed by atoms with Crippen LogP contribution in [0.1, 0.15) is 6.42 Å². The van der Waals surface area contributed by atoms with E-state index in [0.717, 1.165) is 6.07 Å². The highest BCUT2D eigenvalue weighted by molar-refractivity contribution is 9.10. The number of amides is 1. The summed E-state index contributed by atoms with van der Waals surface area (Å²) in [5, 5.41) is 10.6. The first-order valence-corrected chi connectivity index (χ1v) is 5.33. The number of benzene rings is 1. The molecule has 0 atom stereocenters. The minimum Gasteiger partial charge on any atom is -0.405 e. The lowest BCUT2D eigenvalue weighted by atomic mass is 10.3. The van der Waals surface area contributed by atoms with Gasteiger partial charge >= 0.3 is 6.36 Å². The minimum atomic E-state index is -4.78. The number of halogens is 4. The normalized spacial score (nSPS) is 10.6. The van der Waals surface area contributed by atoms with Gasteiger partial charge in [-0.15, -0.1) is 13.2 Å². The van der Waals surface area contributed by atoms with Crippen LogP contribution in [-0.2, 0) is 4.79 Å². The molecular formula is C10H6BrF3N2O2. The second-order valence-corrected chi connectivity index (χ2v) is 3.93. The third-order valence-corrected chi connectivity index (χ3v) is 2.30. The number of nitriles is 1. The molecular weight excluding hydrogens is 317 g/mol. The quantitative estimate of drug-likeness (QED) is 0.929. The van der Waals surface area contributed by atoms with Crippen LogP contribution in [0.4, 0.5) is 18.9 Å². The molecule has 0 aromatic heterocycles. The molecule has 1 aromatic carbocycles. The van der Waals surface area contributed by atoms with Crippen molar-refractivity contribution in [3.8, 4) is 11.8 Å². The van der Waals surface area contributed by atoms with Gasteiger partial charge < -0.3 is 10.1 Å². The largest absolute Gasteiger partial charge is 0.573 e. The van der Waals surface area contributed by atoms with Crippen molar-refractivity contribution in [3.63, 3.8) is 0 Å². The molecule has 18 heavy (non-hydrogen) atoms. The summed E-state index contributed by atoms with van der Waals surface area (Å²) in [6.07, 6.45) is -5.12. The third-order valence-electron chi connectivity index (χ3n) is 1.68. The van der Waals surface area contributed by atoms with E-state index in [2.05, 4.69) is 26.0 Å². The first-order chi connectivity index (χ1) is 8.31. The molecule has 0 saturated carbocycles. The predicted molar refractivity (Wildman–Crippen MR) is 59.7 cm³/mol. The predicted octanol–water partition coefficient (Wildman–Crippen LogP) is 3.20. The van der Waals surface area contributed by atoms with Crippen molar-refractivity contribution in [2.75, 3.05) is 5.32 Å². The number of rotatable bonds is 3. The highest BCUT2D eigenvalue weighted by Crippen LogP contribution is 2.32. The Balaban J connectivity index is 2.80. The van der Waals surface area contributed by atoms with Crippen LogP contribution in [0.25, 0.3) is 0 Å². The Labute approximate surface area is 108 Å². The van der Waals surface area contributed by atoms with Gasteiger partial charge in [-0.1, -0.05) is 0 Å². The molecule has 1 rings (SSSR count).